The molecule has 2 unspecified atom stereocenters. The third-order valence-electron chi connectivity index (χ3n) is 5.50. The number of carbonyl (C=O) groups is 1. The van der Waals surface area contributed by atoms with Gasteiger partial charge in [0.2, 0.25) is 0 Å². The molecule has 3 N–H and O–H groups in total. The third kappa shape index (κ3) is 6.09. The molecule has 3 rings (SSSR count). The van der Waals surface area contributed by atoms with Gasteiger partial charge in [-0.15, -0.1) is 6.58 Å². The molecule has 1 amide bonds. The number of amides is 1. The summed E-state index contributed by atoms with van der Waals surface area (Å²) in [6.45, 7) is 6.23. The van der Waals surface area contributed by atoms with E-state index >= 15 is 0 Å². The lowest BCUT2D eigenvalue weighted by Crippen LogP contribution is -2.33. The maximum absolute atomic E-state index is 12.8. The Bertz CT molecular complexity index is 1130. The number of hydrogen-bond donors (Lipinski definition) is 3. The number of anilines is 1. The summed E-state index contributed by atoms with van der Waals surface area (Å²) < 4.78 is 2.09. The number of allylic oxidation sites excluding steroid dienone is 3. The van der Waals surface area contributed by atoms with Crippen LogP contribution in [0.2, 0.25) is 0 Å². The first-order valence-corrected chi connectivity index (χ1v) is 11.4. The largest absolute Gasteiger partial charge is 0.389 e. The predicted molar refractivity (Wildman–Crippen MR) is 137 cm³/mol. The lowest BCUT2D eigenvalue weighted by Gasteiger charge is -2.26. The van der Waals surface area contributed by atoms with Crippen LogP contribution in [0, 0.1) is 0 Å². The molecule has 2 atom stereocenters. The number of nitrogens with one attached hydrogen (secondary N) is 2. The number of likely N-dealkylation sites (N-methyl/N-ethyl adjacent to an activating group) is 1. The van der Waals surface area contributed by atoms with Crippen LogP contribution in [-0.4, -0.2) is 35.3 Å². The number of benzene rings is 2. The standard InChI is InChI=1S/C28H33N3O2/c1-4-6-11-22(12-7-5-2)28(33)30-24-15-16-25-23(19-24)17-18-31(25)27(26(32)20-29-3)21-13-9-8-10-14-21/h4,7-19,26-27,29,32H,1,5-6,20H2,2-3H3,(H,30,33)/b12-7-,22-11+. The molecule has 0 radical (unpaired) electrons. The molecule has 0 aliphatic heterocycles. The third-order valence-corrected chi connectivity index (χ3v) is 5.50. The number of carbonyl (C=O) groups excluding carboxylic acids is 1. The molecule has 0 saturated heterocycles. The minimum absolute atomic E-state index is 0.146. The second-order valence-corrected chi connectivity index (χ2v) is 7.93. The van der Waals surface area contributed by atoms with Crippen LogP contribution in [0.25, 0.3) is 10.9 Å². The SMILES string of the molecule is C=CC/C=C(\C=C/CC)C(=O)Nc1ccc2c(ccn2C(c2ccccc2)C(O)CNC)c1. The zero-order valence-electron chi connectivity index (χ0n) is 19.4. The van der Waals surface area contributed by atoms with Crippen molar-refractivity contribution in [3.8, 4) is 0 Å². The Hall–Kier alpha value is -3.41. The van der Waals surface area contributed by atoms with Crippen molar-refractivity contribution in [1.82, 2.24) is 9.88 Å². The molecule has 0 saturated carbocycles. The highest BCUT2D eigenvalue weighted by Crippen LogP contribution is 2.29. The number of hydrogen-bond acceptors (Lipinski definition) is 3. The monoisotopic (exact) mass is 443 g/mol. The van der Waals surface area contributed by atoms with Gasteiger partial charge in [0.15, 0.2) is 0 Å². The van der Waals surface area contributed by atoms with Gasteiger partial charge >= 0.3 is 0 Å². The van der Waals surface area contributed by atoms with Crippen LogP contribution in [0.4, 0.5) is 5.69 Å². The minimum atomic E-state index is -0.602. The second kappa shape index (κ2) is 12.0. The Kier molecular flexibility index (Phi) is 8.81. The van der Waals surface area contributed by atoms with Gasteiger partial charge < -0.3 is 20.3 Å². The second-order valence-electron chi connectivity index (χ2n) is 7.93. The lowest BCUT2D eigenvalue weighted by molar-refractivity contribution is -0.112. The molecule has 1 aromatic heterocycles. The molecule has 5 nitrogen and oxygen atoms in total. The lowest BCUT2D eigenvalue weighted by atomic mass is 10.0. The van der Waals surface area contributed by atoms with Crippen molar-refractivity contribution in [3.63, 3.8) is 0 Å². The van der Waals surface area contributed by atoms with Crippen molar-refractivity contribution in [1.29, 1.82) is 0 Å². The number of rotatable bonds is 11. The fourth-order valence-electron chi connectivity index (χ4n) is 3.92. The van der Waals surface area contributed by atoms with Gasteiger partial charge in [-0.2, -0.15) is 0 Å². The van der Waals surface area contributed by atoms with Gasteiger partial charge in [-0.05, 0) is 49.7 Å². The minimum Gasteiger partial charge on any atom is -0.389 e. The van der Waals surface area contributed by atoms with Crippen LogP contribution in [0.1, 0.15) is 31.4 Å². The topological polar surface area (TPSA) is 66.3 Å². The summed E-state index contributed by atoms with van der Waals surface area (Å²) in [4.78, 5) is 12.8. The van der Waals surface area contributed by atoms with E-state index in [4.69, 9.17) is 0 Å². The summed E-state index contributed by atoms with van der Waals surface area (Å²) in [5, 5.41) is 18.0. The molecule has 0 fully saturated rings. The Morgan fingerprint density at radius 1 is 1.18 bits per heavy atom. The quantitative estimate of drug-likeness (QED) is 0.216. The molecule has 0 spiro atoms. The first-order valence-electron chi connectivity index (χ1n) is 11.4. The Labute approximate surface area is 196 Å². The maximum atomic E-state index is 12.8. The Morgan fingerprint density at radius 3 is 2.67 bits per heavy atom. The number of aliphatic hydroxyl groups is 1. The molecule has 5 heteroatoms. The summed E-state index contributed by atoms with van der Waals surface area (Å²) in [5.41, 5.74) is 3.38. The molecule has 1 heterocycles. The van der Waals surface area contributed by atoms with Crippen molar-refractivity contribution < 1.29 is 9.90 Å². The van der Waals surface area contributed by atoms with Gasteiger partial charge in [-0.3, -0.25) is 4.79 Å². The summed E-state index contributed by atoms with van der Waals surface area (Å²) in [6.07, 6.45) is 10.3. The van der Waals surface area contributed by atoms with Crippen molar-refractivity contribution >= 4 is 22.5 Å². The van der Waals surface area contributed by atoms with Gasteiger partial charge in [0, 0.05) is 34.9 Å². The highest BCUT2D eigenvalue weighted by Gasteiger charge is 2.23. The molecule has 172 valence electrons. The van der Waals surface area contributed by atoms with E-state index in [-0.39, 0.29) is 11.9 Å². The number of aliphatic hydroxyl groups excluding tert-OH is 1. The molecular weight excluding hydrogens is 410 g/mol. The highest BCUT2D eigenvalue weighted by molar-refractivity contribution is 6.06. The van der Waals surface area contributed by atoms with E-state index in [0.29, 0.717) is 18.5 Å². The fourth-order valence-corrected chi connectivity index (χ4v) is 3.92. The molecular formula is C28H33N3O2. The van der Waals surface area contributed by atoms with Crippen molar-refractivity contribution in [2.24, 2.45) is 0 Å². The first kappa shape index (κ1) is 24.2. The smallest absolute Gasteiger partial charge is 0.255 e. The van der Waals surface area contributed by atoms with Crippen LogP contribution in [0.15, 0.2) is 97.3 Å². The average molecular weight is 444 g/mol. The van der Waals surface area contributed by atoms with Gasteiger partial charge in [-0.25, -0.2) is 0 Å². The van der Waals surface area contributed by atoms with E-state index in [0.717, 1.165) is 28.6 Å². The first-order chi connectivity index (χ1) is 16.1. The molecule has 0 aliphatic rings. The average Bonchev–Trinajstić information content (AvgIpc) is 3.23. The van der Waals surface area contributed by atoms with Gasteiger partial charge in [0.25, 0.3) is 5.91 Å². The predicted octanol–water partition coefficient (Wildman–Crippen LogP) is 5.22. The molecule has 33 heavy (non-hydrogen) atoms. The Morgan fingerprint density at radius 2 is 1.97 bits per heavy atom. The zero-order valence-corrected chi connectivity index (χ0v) is 19.4. The maximum Gasteiger partial charge on any atom is 0.255 e. The van der Waals surface area contributed by atoms with Crippen LogP contribution in [0.3, 0.4) is 0 Å². The summed E-state index contributed by atoms with van der Waals surface area (Å²) in [6, 6.07) is 17.6. The van der Waals surface area contributed by atoms with Crippen LogP contribution >= 0.6 is 0 Å². The van der Waals surface area contributed by atoms with Gasteiger partial charge in [-0.1, -0.05) is 61.6 Å². The van der Waals surface area contributed by atoms with E-state index in [1.54, 1.807) is 6.08 Å². The number of aromatic nitrogens is 1. The normalized spacial score (nSPS) is 13.8. The summed E-state index contributed by atoms with van der Waals surface area (Å²) in [7, 11) is 1.83. The van der Waals surface area contributed by atoms with E-state index in [1.807, 2.05) is 93.0 Å². The van der Waals surface area contributed by atoms with Crippen LogP contribution in [-0.2, 0) is 4.79 Å². The zero-order chi connectivity index (χ0) is 23.6. The Balaban J connectivity index is 1.91. The van der Waals surface area contributed by atoms with E-state index < -0.39 is 6.10 Å². The van der Waals surface area contributed by atoms with Crippen molar-refractivity contribution in [3.05, 3.63) is 103 Å². The molecule has 2 aromatic carbocycles. The van der Waals surface area contributed by atoms with Crippen molar-refractivity contribution in [2.45, 2.75) is 31.9 Å². The van der Waals surface area contributed by atoms with Crippen LogP contribution in [0.5, 0.6) is 0 Å². The van der Waals surface area contributed by atoms with Crippen molar-refractivity contribution in [2.75, 3.05) is 18.9 Å². The number of fused-ring (bicyclic) bond motifs is 1. The molecule has 3 aromatic rings. The summed E-state index contributed by atoms with van der Waals surface area (Å²) in [5.74, 6) is -0.146. The van der Waals surface area contributed by atoms with E-state index in [2.05, 4.69) is 21.8 Å². The van der Waals surface area contributed by atoms with Crippen LogP contribution < -0.4 is 10.6 Å². The van der Waals surface area contributed by atoms with Gasteiger partial charge in [0.05, 0.1) is 12.1 Å². The highest BCUT2D eigenvalue weighted by atomic mass is 16.3. The van der Waals surface area contributed by atoms with E-state index in [9.17, 15) is 9.90 Å². The summed E-state index contributed by atoms with van der Waals surface area (Å²) >= 11 is 0. The molecule has 0 aliphatic carbocycles. The van der Waals surface area contributed by atoms with Gasteiger partial charge in [0.1, 0.15) is 0 Å². The number of nitrogens with zero attached hydrogens (tertiary/aromatic N) is 1. The fraction of sp³-hybridized carbons (Fsp3) is 0.250. The molecule has 0 bridgehead atoms. The van der Waals surface area contributed by atoms with E-state index in [1.165, 1.54) is 0 Å².